The number of hydrogen-bond donors (Lipinski definition) is 4. The predicted octanol–water partition coefficient (Wildman–Crippen LogP) is 3.36. The first-order valence-electron chi connectivity index (χ1n) is 11.9. The van der Waals surface area contributed by atoms with E-state index in [-0.39, 0.29) is 11.8 Å². The SMILES string of the molecule is CCOC(=O)C(C)(c1ccc(-c2ccccc2)c(F)c1)N(CC)CC.O=C(O)CC(O)(CC(=O)O)C(=O)O. The summed E-state index contributed by atoms with van der Waals surface area (Å²) in [4.78, 5) is 45.2. The van der Waals surface area contributed by atoms with Crippen LogP contribution in [0, 0.1) is 5.82 Å². The Labute approximate surface area is 220 Å². The maximum absolute atomic E-state index is 14.8. The van der Waals surface area contributed by atoms with Crippen molar-refractivity contribution >= 4 is 23.9 Å². The Kier molecular flexibility index (Phi) is 12.0. The number of likely N-dealkylation sites (N-methyl/N-ethyl adjacent to an activating group) is 1. The third kappa shape index (κ3) is 8.09. The van der Waals surface area contributed by atoms with E-state index in [9.17, 15) is 23.6 Å². The van der Waals surface area contributed by atoms with Gasteiger partial charge >= 0.3 is 23.9 Å². The molecular formula is C27H34FNO9. The van der Waals surface area contributed by atoms with Crippen molar-refractivity contribution in [2.24, 2.45) is 0 Å². The highest BCUT2D eigenvalue weighted by atomic mass is 19.1. The van der Waals surface area contributed by atoms with Gasteiger partial charge in [-0.25, -0.2) is 14.0 Å². The Morgan fingerprint density at radius 3 is 1.82 bits per heavy atom. The van der Waals surface area contributed by atoms with Gasteiger partial charge in [0.15, 0.2) is 5.60 Å². The van der Waals surface area contributed by atoms with Gasteiger partial charge in [-0.1, -0.05) is 56.3 Å². The maximum Gasteiger partial charge on any atom is 0.336 e. The molecule has 0 bridgehead atoms. The second-order valence-electron chi connectivity index (χ2n) is 8.50. The molecule has 11 heteroatoms. The summed E-state index contributed by atoms with van der Waals surface area (Å²) < 4.78 is 20.1. The molecule has 208 valence electrons. The molecule has 0 aliphatic carbocycles. The fourth-order valence-corrected chi connectivity index (χ4v) is 3.94. The lowest BCUT2D eigenvalue weighted by molar-refractivity contribution is -0.170. The Hall–Kier alpha value is -3.83. The Morgan fingerprint density at radius 2 is 1.42 bits per heavy atom. The quantitative estimate of drug-likeness (QED) is 0.297. The first-order valence-corrected chi connectivity index (χ1v) is 11.9. The predicted molar refractivity (Wildman–Crippen MR) is 136 cm³/mol. The fraction of sp³-hybridized carbons (Fsp3) is 0.407. The zero-order valence-corrected chi connectivity index (χ0v) is 21.8. The number of nitrogens with zero attached hydrogens (tertiary/aromatic N) is 1. The highest BCUT2D eigenvalue weighted by Gasteiger charge is 2.42. The third-order valence-corrected chi connectivity index (χ3v) is 5.97. The number of ether oxygens (including phenoxy) is 1. The molecule has 0 heterocycles. The molecule has 0 amide bonds. The number of aliphatic carboxylic acids is 3. The van der Waals surface area contributed by atoms with Gasteiger partial charge in [-0.3, -0.25) is 14.5 Å². The van der Waals surface area contributed by atoms with Crippen molar-refractivity contribution in [1.29, 1.82) is 0 Å². The van der Waals surface area contributed by atoms with E-state index < -0.39 is 41.9 Å². The molecule has 0 saturated carbocycles. The summed E-state index contributed by atoms with van der Waals surface area (Å²) in [5.41, 5.74) is -1.82. The van der Waals surface area contributed by atoms with E-state index in [0.29, 0.717) is 30.8 Å². The smallest absolute Gasteiger partial charge is 0.336 e. The van der Waals surface area contributed by atoms with Gasteiger partial charge in [-0.05, 0) is 44.1 Å². The Morgan fingerprint density at radius 1 is 0.895 bits per heavy atom. The molecule has 1 unspecified atom stereocenters. The topological polar surface area (TPSA) is 162 Å². The van der Waals surface area contributed by atoms with E-state index in [4.69, 9.17) is 25.2 Å². The largest absolute Gasteiger partial charge is 0.481 e. The number of esters is 1. The van der Waals surface area contributed by atoms with Crippen molar-refractivity contribution in [3.63, 3.8) is 0 Å². The summed E-state index contributed by atoms with van der Waals surface area (Å²) in [6.45, 7) is 9.15. The Balaban J connectivity index is 0.000000471. The Bertz CT molecular complexity index is 1100. The van der Waals surface area contributed by atoms with Gasteiger partial charge in [-0.15, -0.1) is 0 Å². The number of carboxylic acid groups (broad SMARTS) is 3. The highest BCUT2D eigenvalue weighted by molar-refractivity contribution is 5.88. The molecular weight excluding hydrogens is 501 g/mol. The molecule has 0 saturated heterocycles. The zero-order valence-electron chi connectivity index (χ0n) is 21.8. The third-order valence-electron chi connectivity index (χ3n) is 5.97. The molecule has 38 heavy (non-hydrogen) atoms. The monoisotopic (exact) mass is 535 g/mol. The fourth-order valence-electron chi connectivity index (χ4n) is 3.94. The molecule has 1 atom stereocenters. The zero-order chi connectivity index (χ0) is 29.1. The van der Waals surface area contributed by atoms with Gasteiger partial charge in [0, 0.05) is 5.56 Å². The molecule has 4 N–H and O–H groups in total. The van der Waals surface area contributed by atoms with Crippen LogP contribution in [0.1, 0.15) is 46.1 Å². The van der Waals surface area contributed by atoms with Crippen LogP contribution in [-0.4, -0.2) is 74.5 Å². The van der Waals surface area contributed by atoms with Crippen LogP contribution < -0.4 is 0 Å². The van der Waals surface area contributed by atoms with Crippen LogP contribution in [0.5, 0.6) is 0 Å². The van der Waals surface area contributed by atoms with E-state index in [0.717, 1.165) is 5.56 Å². The van der Waals surface area contributed by atoms with Crippen molar-refractivity contribution in [3.8, 4) is 11.1 Å². The standard InChI is InChI=1S/C21H26FNO2.C6H8O7/c1-5-23(6-2)21(4,20(24)25-7-3)17-13-14-18(19(22)15-17)16-11-9-8-10-12-16;7-3(8)1-6(13,5(11)12)2-4(9)10/h8-15H,5-7H2,1-4H3;13H,1-2H2,(H,7,8)(H,9,10)(H,11,12). The van der Waals surface area contributed by atoms with Gasteiger partial charge in [0.05, 0.1) is 19.4 Å². The van der Waals surface area contributed by atoms with Crippen LogP contribution in [-0.2, 0) is 29.5 Å². The summed E-state index contributed by atoms with van der Waals surface area (Å²) in [6, 6.07) is 14.4. The van der Waals surface area contributed by atoms with E-state index in [1.165, 1.54) is 6.07 Å². The van der Waals surface area contributed by atoms with Crippen LogP contribution in [0.15, 0.2) is 48.5 Å². The minimum absolute atomic E-state index is 0.292. The summed E-state index contributed by atoms with van der Waals surface area (Å²) in [5, 5.41) is 33.8. The van der Waals surface area contributed by atoms with E-state index in [2.05, 4.69) is 0 Å². The van der Waals surface area contributed by atoms with Crippen molar-refractivity contribution < 1.29 is 48.7 Å². The van der Waals surface area contributed by atoms with E-state index >= 15 is 0 Å². The van der Waals surface area contributed by atoms with Crippen molar-refractivity contribution in [2.75, 3.05) is 19.7 Å². The van der Waals surface area contributed by atoms with Crippen molar-refractivity contribution in [1.82, 2.24) is 4.90 Å². The molecule has 0 aromatic heterocycles. The normalized spacial score (nSPS) is 12.6. The average molecular weight is 536 g/mol. The molecule has 0 fully saturated rings. The lowest BCUT2D eigenvalue weighted by atomic mass is 9.88. The molecule has 0 radical (unpaired) electrons. The number of aliphatic hydroxyl groups is 1. The van der Waals surface area contributed by atoms with Gasteiger partial charge in [0.25, 0.3) is 0 Å². The minimum atomic E-state index is -2.74. The van der Waals surface area contributed by atoms with Crippen LogP contribution >= 0.6 is 0 Å². The molecule has 2 aromatic carbocycles. The summed E-state index contributed by atoms with van der Waals surface area (Å²) in [5.74, 6) is -5.72. The minimum Gasteiger partial charge on any atom is -0.481 e. The number of benzene rings is 2. The van der Waals surface area contributed by atoms with Gasteiger partial charge in [-0.2, -0.15) is 0 Å². The van der Waals surface area contributed by atoms with Crippen LogP contribution in [0.3, 0.4) is 0 Å². The second-order valence-corrected chi connectivity index (χ2v) is 8.50. The van der Waals surface area contributed by atoms with Crippen LogP contribution in [0.25, 0.3) is 11.1 Å². The maximum atomic E-state index is 14.8. The van der Waals surface area contributed by atoms with Gasteiger partial charge < -0.3 is 25.2 Å². The molecule has 2 aromatic rings. The highest BCUT2D eigenvalue weighted by Crippen LogP contribution is 2.33. The number of carbonyl (C=O) groups is 4. The summed E-state index contributed by atoms with van der Waals surface area (Å²) in [6.07, 6.45) is -2.29. The number of rotatable bonds is 12. The van der Waals surface area contributed by atoms with Gasteiger partial charge in [0.2, 0.25) is 0 Å². The summed E-state index contributed by atoms with van der Waals surface area (Å²) >= 11 is 0. The number of carbonyl (C=O) groups excluding carboxylic acids is 1. The molecule has 2 rings (SSSR count). The molecule has 0 aliphatic heterocycles. The van der Waals surface area contributed by atoms with Crippen LogP contribution in [0.4, 0.5) is 4.39 Å². The van der Waals surface area contributed by atoms with E-state index in [1.807, 2.05) is 55.1 Å². The first kappa shape index (κ1) is 32.2. The second kappa shape index (κ2) is 14.2. The molecule has 0 spiro atoms. The number of hydrogen-bond acceptors (Lipinski definition) is 7. The number of carboxylic acids is 3. The first-order chi connectivity index (χ1) is 17.8. The van der Waals surface area contributed by atoms with E-state index in [1.54, 1.807) is 19.9 Å². The van der Waals surface area contributed by atoms with Crippen LogP contribution in [0.2, 0.25) is 0 Å². The van der Waals surface area contributed by atoms with Crippen molar-refractivity contribution in [2.45, 2.75) is 51.7 Å². The molecule has 10 nitrogen and oxygen atoms in total. The lowest BCUT2D eigenvalue weighted by Crippen LogP contribution is -2.50. The molecule has 0 aliphatic rings. The summed E-state index contributed by atoms with van der Waals surface area (Å²) in [7, 11) is 0. The lowest BCUT2D eigenvalue weighted by Gasteiger charge is -2.38. The van der Waals surface area contributed by atoms with Gasteiger partial charge in [0.1, 0.15) is 11.4 Å². The number of halogens is 1. The van der Waals surface area contributed by atoms with Crippen molar-refractivity contribution in [3.05, 3.63) is 59.9 Å². The average Bonchev–Trinajstić information content (AvgIpc) is 2.84.